The standard InChI is InChI=1S/C21H25ClN2O2/c1-16-6-7-17(14-20(16)22)8-9-21(25)24-12-10-23(11-13-24)18-4-3-5-19(15-18)26-2/h3-7,14-15H,8-13H2,1-2H3. The molecule has 0 saturated carbocycles. The van der Waals surface area contributed by atoms with E-state index in [9.17, 15) is 4.79 Å². The topological polar surface area (TPSA) is 32.8 Å². The summed E-state index contributed by atoms with van der Waals surface area (Å²) in [5.41, 5.74) is 3.32. The lowest BCUT2D eigenvalue weighted by Crippen LogP contribution is -2.48. The van der Waals surface area contributed by atoms with Crippen molar-refractivity contribution in [2.45, 2.75) is 19.8 Å². The fraction of sp³-hybridized carbons (Fsp3) is 0.381. The van der Waals surface area contributed by atoms with Crippen molar-refractivity contribution in [2.24, 2.45) is 0 Å². The summed E-state index contributed by atoms with van der Waals surface area (Å²) in [7, 11) is 1.68. The number of benzene rings is 2. The van der Waals surface area contributed by atoms with Crippen molar-refractivity contribution in [3.63, 3.8) is 0 Å². The van der Waals surface area contributed by atoms with Crippen LogP contribution in [0.2, 0.25) is 5.02 Å². The highest BCUT2D eigenvalue weighted by molar-refractivity contribution is 6.31. The molecule has 0 radical (unpaired) electrons. The Balaban J connectivity index is 1.50. The van der Waals surface area contributed by atoms with Crippen LogP contribution in [-0.2, 0) is 11.2 Å². The molecule has 1 saturated heterocycles. The number of nitrogens with zero attached hydrogens (tertiary/aromatic N) is 2. The van der Waals surface area contributed by atoms with Gasteiger partial charge in [0.1, 0.15) is 5.75 Å². The van der Waals surface area contributed by atoms with E-state index in [0.29, 0.717) is 6.42 Å². The molecule has 138 valence electrons. The predicted octanol–water partition coefficient (Wildman–Crippen LogP) is 3.94. The lowest BCUT2D eigenvalue weighted by molar-refractivity contribution is -0.131. The summed E-state index contributed by atoms with van der Waals surface area (Å²) >= 11 is 6.16. The third-order valence-electron chi connectivity index (χ3n) is 4.91. The maximum Gasteiger partial charge on any atom is 0.223 e. The van der Waals surface area contributed by atoms with Crippen LogP contribution in [0.5, 0.6) is 5.75 Å². The van der Waals surface area contributed by atoms with E-state index >= 15 is 0 Å². The first-order valence-corrected chi connectivity index (χ1v) is 9.36. The second-order valence-corrected chi connectivity index (χ2v) is 7.06. The number of carbonyl (C=O) groups excluding carboxylic acids is 1. The van der Waals surface area contributed by atoms with E-state index in [1.165, 1.54) is 0 Å². The van der Waals surface area contributed by atoms with Gasteiger partial charge in [-0.2, -0.15) is 0 Å². The van der Waals surface area contributed by atoms with Gasteiger partial charge in [0.25, 0.3) is 0 Å². The summed E-state index contributed by atoms with van der Waals surface area (Å²) in [6, 6.07) is 14.1. The zero-order chi connectivity index (χ0) is 18.5. The number of hydrogen-bond donors (Lipinski definition) is 0. The molecule has 0 atom stereocenters. The zero-order valence-electron chi connectivity index (χ0n) is 15.4. The van der Waals surface area contributed by atoms with Crippen molar-refractivity contribution in [2.75, 3.05) is 38.2 Å². The number of halogens is 1. The van der Waals surface area contributed by atoms with Gasteiger partial charge in [-0.1, -0.05) is 29.8 Å². The number of rotatable bonds is 5. The number of methoxy groups -OCH3 is 1. The highest BCUT2D eigenvalue weighted by atomic mass is 35.5. The summed E-state index contributed by atoms with van der Waals surface area (Å²) in [5, 5.41) is 0.766. The minimum Gasteiger partial charge on any atom is -0.497 e. The second-order valence-electron chi connectivity index (χ2n) is 6.65. The first-order chi connectivity index (χ1) is 12.6. The fourth-order valence-corrected chi connectivity index (χ4v) is 3.43. The van der Waals surface area contributed by atoms with Crippen LogP contribution in [0, 0.1) is 6.92 Å². The maximum atomic E-state index is 12.5. The van der Waals surface area contributed by atoms with Crippen molar-refractivity contribution >= 4 is 23.2 Å². The van der Waals surface area contributed by atoms with Crippen LogP contribution >= 0.6 is 11.6 Å². The Labute approximate surface area is 160 Å². The van der Waals surface area contributed by atoms with Gasteiger partial charge >= 0.3 is 0 Å². The Kier molecular flexibility index (Phi) is 6.04. The molecule has 0 aromatic heterocycles. The van der Waals surface area contributed by atoms with Crippen LogP contribution in [0.15, 0.2) is 42.5 Å². The molecule has 1 aliphatic heterocycles. The molecule has 0 bridgehead atoms. The number of hydrogen-bond acceptors (Lipinski definition) is 3. The Hall–Kier alpha value is -2.20. The molecule has 1 fully saturated rings. The van der Waals surface area contributed by atoms with Gasteiger partial charge < -0.3 is 14.5 Å². The van der Waals surface area contributed by atoms with Crippen LogP contribution < -0.4 is 9.64 Å². The van der Waals surface area contributed by atoms with Crippen molar-refractivity contribution in [1.82, 2.24) is 4.90 Å². The Morgan fingerprint density at radius 2 is 1.88 bits per heavy atom. The minimum absolute atomic E-state index is 0.215. The summed E-state index contributed by atoms with van der Waals surface area (Å²) in [4.78, 5) is 16.8. The molecule has 2 aromatic carbocycles. The van der Waals surface area contributed by atoms with Crippen LogP contribution in [0.4, 0.5) is 5.69 Å². The molecule has 3 rings (SSSR count). The molecule has 0 aliphatic carbocycles. The van der Waals surface area contributed by atoms with E-state index in [1.54, 1.807) is 7.11 Å². The molecule has 1 aliphatic rings. The van der Waals surface area contributed by atoms with Crippen LogP contribution in [0.25, 0.3) is 0 Å². The van der Waals surface area contributed by atoms with E-state index in [1.807, 2.05) is 42.2 Å². The summed E-state index contributed by atoms with van der Waals surface area (Å²) in [6.07, 6.45) is 1.26. The number of ether oxygens (including phenoxy) is 1. The van der Waals surface area contributed by atoms with Gasteiger partial charge in [0.15, 0.2) is 0 Å². The van der Waals surface area contributed by atoms with Crippen LogP contribution in [0.3, 0.4) is 0 Å². The molecule has 2 aromatic rings. The molecule has 5 heteroatoms. The molecule has 4 nitrogen and oxygen atoms in total. The number of piperazine rings is 1. The lowest BCUT2D eigenvalue weighted by atomic mass is 10.1. The molecular formula is C21H25ClN2O2. The highest BCUT2D eigenvalue weighted by Gasteiger charge is 2.21. The minimum atomic E-state index is 0.215. The maximum absolute atomic E-state index is 12.5. The quantitative estimate of drug-likeness (QED) is 0.797. The van der Waals surface area contributed by atoms with Crippen LogP contribution in [0.1, 0.15) is 17.5 Å². The third-order valence-corrected chi connectivity index (χ3v) is 5.32. The largest absolute Gasteiger partial charge is 0.497 e. The smallest absolute Gasteiger partial charge is 0.223 e. The Morgan fingerprint density at radius 3 is 2.58 bits per heavy atom. The summed E-state index contributed by atoms with van der Waals surface area (Å²) in [6.45, 7) is 5.18. The SMILES string of the molecule is COc1cccc(N2CCN(C(=O)CCc3ccc(C)c(Cl)c3)CC2)c1. The van der Waals surface area contributed by atoms with Gasteiger partial charge in [-0.25, -0.2) is 0 Å². The van der Waals surface area contributed by atoms with E-state index in [2.05, 4.69) is 17.0 Å². The molecule has 0 spiro atoms. The molecular weight excluding hydrogens is 348 g/mol. The number of carbonyl (C=O) groups is 1. The van der Waals surface area contributed by atoms with Crippen molar-refractivity contribution in [3.8, 4) is 5.75 Å². The third kappa shape index (κ3) is 4.50. The van der Waals surface area contributed by atoms with Gasteiger partial charge in [-0.3, -0.25) is 4.79 Å². The Morgan fingerprint density at radius 1 is 1.12 bits per heavy atom. The predicted molar refractivity (Wildman–Crippen MR) is 106 cm³/mol. The normalized spacial score (nSPS) is 14.4. The fourth-order valence-electron chi connectivity index (χ4n) is 3.22. The second kappa shape index (κ2) is 8.45. The van der Waals surface area contributed by atoms with Gasteiger partial charge in [-0.15, -0.1) is 0 Å². The van der Waals surface area contributed by atoms with Gasteiger partial charge in [0.05, 0.1) is 7.11 Å². The van der Waals surface area contributed by atoms with Crippen LogP contribution in [-0.4, -0.2) is 44.1 Å². The van der Waals surface area contributed by atoms with Crippen molar-refractivity contribution in [3.05, 3.63) is 58.6 Å². The van der Waals surface area contributed by atoms with Crippen molar-refractivity contribution in [1.29, 1.82) is 0 Å². The monoisotopic (exact) mass is 372 g/mol. The molecule has 1 amide bonds. The Bertz CT molecular complexity index is 770. The van der Waals surface area contributed by atoms with E-state index in [-0.39, 0.29) is 5.91 Å². The average molecular weight is 373 g/mol. The first kappa shape index (κ1) is 18.6. The number of amides is 1. The molecule has 26 heavy (non-hydrogen) atoms. The zero-order valence-corrected chi connectivity index (χ0v) is 16.1. The molecule has 1 heterocycles. The van der Waals surface area contributed by atoms with Gasteiger partial charge in [-0.05, 0) is 42.7 Å². The van der Waals surface area contributed by atoms with E-state index in [4.69, 9.17) is 16.3 Å². The molecule has 0 N–H and O–H groups in total. The van der Waals surface area contributed by atoms with Crippen molar-refractivity contribution < 1.29 is 9.53 Å². The first-order valence-electron chi connectivity index (χ1n) is 8.98. The molecule has 0 unspecified atom stereocenters. The summed E-state index contributed by atoms with van der Waals surface area (Å²) < 4.78 is 5.29. The highest BCUT2D eigenvalue weighted by Crippen LogP contribution is 2.22. The number of anilines is 1. The van der Waals surface area contributed by atoms with E-state index < -0.39 is 0 Å². The average Bonchev–Trinajstić information content (AvgIpc) is 2.69. The lowest BCUT2D eigenvalue weighted by Gasteiger charge is -2.36. The van der Waals surface area contributed by atoms with Gasteiger partial charge in [0.2, 0.25) is 5.91 Å². The van der Waals surface area contributed by atoms with Gasteiger partial charge in [0, 0.05) is 49.4 Å². The number of aryl methyl sites for hydroxylation is 2. The summed E-state index contributed by atoms with van der Waals surface area (Å²) in [5.74, 6) is 1.07. The van der Waals surface area contributed by atoms with E-state index in [0.717, 1.165) is 60.2 Å².